The van der Waals surface area contributed by atoms with E-state index in [0.29, 0.717) is 23.9 Å². The third kappa shape index (κ3) is 57.7. The number of carbonyl (C=O) groups is 2. The lowest BCUT2D eigenvalue weighted by molar-refractivity contribution is -0.870. The van der Waals surface area contributed by atoms with E-state index in [1.807, 2.05) is 21.1 Å². The second-order valence-electron chi connectivity index (χ2n) is 20.3. The number of allylic oxidation sites excluding steroid dienone is 20. The summed E-state index contributed by atoms with van der Waals surface area (Å²) in [5.74, 6) is -0.838. The Labute approximate surface area is 454 Å². The summed E-state index contributed by atoms with van der Waals surface area (Å²) in [6.07, 6.45) is 77.2. The quantitative estimate of drug-likeness (QED) is 0.0211. The van der Waals surface area contributed by atoms with Crippen molar-refractivity contribution in [3.8, 4) is 0 Å². The second-order valence-corrected chi connectivity index (χ2v) is 21.7. The molecule has 0 saturated carbocycles. The molecule has 0 aromatic rings. The fourth-order valence-electron chi connectivity index (χ4n) is 7.54. The van der Waals surface area contributed by atoms with Gasteiger partial charge in [0.2, 0.25) is 0 Å². The number of rotatable bonds is 52. The Morgan fingerprint density at radius 3 is 1.09 bits per heavy atom. The highest BCUT2D eigenvalue weighted by atomic mass is 31.2. The first-order chi connectivity index (χ1) is 36.0. The van der Waals surface area contributed by atoms with E-state index in [4.69, 9.17) is 18.5 Å². The van der Waals surface area contributed by atoms with E-state index in [1.54, 1.807) is 0 Å². The van der Waals surface area contributed by atoms with Crippen molar-refractivity contribution in [2.45, 2.75) is 225 Å². The van der Waals surface area contributed by atoms with E-state index in [-0.39, 0.29) is 26.1 Å². The maximum Gasteiger partial charge on any atom is 0.472 e. The topological polar surface area (TPSA) is 108 Å². The Hall–Kier alpha value is -3.59. The molecule has 2 unspecified atom stereocenters. The van der Waals surface area contributed by atoms with Crippen LogP contribution in [0.15, 0.2) is 122 Å². The number of quaternary nitrogens is 1. The molecule has 0 fully saturated rings. The van der Waals surface area contributed by atoms with Gasteiger partial charge in [-0.2, -0.15) is 0 Å². The number of ether oxygens (including phenoxy) is 2. The molecule has 0 bridgehead atoms. The highest BCUT2D eigenvalue weighted by Crippen LogP contribution is 2.43. The lowest BCUT2D eigenvalue weighted by Gasteiger charge is -2.24. The van der Waals surface area contributed by atoms with Crippen molar-refractivity contribution in [2.75, 3.05) is 47.5 Å². The van der Waals surface area contributed by atoms with Gasteiger partial charge in [0.25, 0.3) is 0 Å². The van der Waals surface area contributed by atoms with Crippen molar-refractivity contribution < 1.29 is 42.1 Å². The number of hydrogen-bond acceptors (Lipinski definition) is 7. The molecule has 0 spiro atoms. The first-order valence-corrected chi connectivity index (χ1v) is 30.8. The van der Waals surface area contributed by atoms with Gasteiger partial charge in [0.1, 0.15) is 19.8 Å². The maximum atomic E-state index is 12.8. The van der Waals surface area contributed by atoms with Gasteiger partial charge in [0.15, 0.2) is 6.10 Å². The number of phosphoric ester groups is 1. The number of hydrogen-bond donors (Lipinski definition) is 1. The molecule has 74 heavy (non-hydrogen) atoms. The molecule has 0 aromatic carbocycles. The van der Waals surface area contributed by atoms with E-state index in [2.05, 4.69) is 135 Å². The molecule has 422 valence electrons. The Morgan fingerprint density at radius 1 is 0.419 bits per heavy atom. The SMILES string of the molecule is CC/C=C\C/C=C\C/C=C\C/C=C\C/C=C\C/C=C\C/C=C\CCCCCCCCCCCCCCCCCC(=O)OC(COC(=O)CCCCC/C=C\C/C=C\C/C=C\CC)COP(=O)(O)OCC[N+](C)(C)C. The summed E-state index contributed by atoms with van der Waals surface area (Å²) in [7, 11) is 1.45. The van der Waals surface area contributed by atoms with Crippen LogP contribution < -0.4 is 0 Å². The minimum Gasteiger partial charge on any atom is -0.462 e. The first-order valence-electron chi connectivity index (χ1n) is 29.3. The summed E-state index contributed by atoms with van der Waals surface area (Å²) in [5.41, 5.74) is 0. The van der Waals surface area contributed by atoms with Crippen molar-refractivity contribution in [3.63, 3.8) is 0 Å². The Kier molecular flexibility index (Phi) is 51.6. The zero-order chi connectivity index (χ0) is 54.2. The number of unbranched alkanes of at least 4 members (excludes halogenated alkanes) is 18. The molecule has 0 aromatic heterocycles. The molecule has 1 N–H and O–H groups in total. The average Bonchev–Trinajstić information content (AvgIpc) is 3.36. The normalized spacial score (nSPS) is 14.2. The van der Waals surface area contributed by atoms with Gasteiger partial charge in [-0.25, -0.2) is 4.57 Å². The summed E-state index contributed by atoms with van der Waals surface area (Å²) in [6.45, 7) is 4.15. The van der Waals surface area contributed by atoms with E-state index >= 15 is 0 Å². The molecule has 0 saturated heterocycles. The third-order valence-corrected chi connectivity index (χ3v) is 13.0. The zero-order valence-electron chi connectivity index (χ0n) is 47.8. The van der Waals surface area contributed by atoms with E-state index in [0.717, 1.165) is 103 Å². The molecule has 0 amide bonds. The molecule has 0 aliphatic rings. The fourth-order valence-corrected chi connectivity index (χ4v) is 8.28. The van der Waals surface area contributed by atoms with Crippen LogP contribution in [0.25, 0.3) is 0 Å². The van der Waals surface area contributed by atoms with E-state index < -0.39 is 32.5 Å². The predicted molar refractivity (Wildman–Crippen MR) is 316 cm³/mol. The van der Waals surface area contributed by atoms with Crippen LogP contribution in [0, 0.1) is 0 Å². The summed E-state index contributed by atoms with van der Waals surface area (Å²) >= 11 is 0. The van der Waals surface area contributed by atoms with Gasteiger partial charge >= 0.3 is 19.8 Å². The lowest BCUT2D eigenvalue weighted by atomic mass is 10.0. The first kappa shape index (κ1) is 70.4. The predicted octanol–water partition coefficient (Wildman–Crippen LogP) is 18.4. The standard InChI is InChI=1S/C64H108NO8P/c1-6-8-10-12-14-16-18-20-21-22-23-24-25-26-27-28-29-30-31-32-33-34-35-36-37-38-39-40-41-42-43-45-47-49-51-53-55-57-64(67)73-62(61-72-74(68,69)71-59-58-65(3,4)5)60-70-63(66)56-54-52-50-48-46-44-19-17-15-13-11-9-7-2/h8-11,14-17,20-21,23-24,26-27,29-30,32-33,44,46,62H,6-7,12-13,18-19,22,25,28,31,34-43,45,47-61H2,1-5H3/p+1/b10-8-,11-9-,16-14-,17-15-,21-20-,24-23-,27-26-,30-29-,33-32-,46-44-. The highest BCUT2D eigenvalue weighted by molar-refractivity contribution is 7.47. The molecule has 2 atom stereocenters. The van der Waals surface area contributed by atoms with Gasteiger partial charge in [-0.3, -0.25) is 18.6 Å². The molecule has 0 rings (SSSR count). The van der Waals surface area contributed by atoms with Gasteiger partial charge in [-0.1, -0.05) is 225 Å². The molecule has 0 aliphatic heterocycles. The van der Waals surface area contributed by atoms with Gasteiger partial charge in [0.05, 0.1) is 27.7 Å². The minimum absolute atomic E-state index is 0.0220. The van der Waals surface area contributed by atoms with Crippen LogP contribution in [0.5, 0.6) is 0 Å². The van der Waals surface area contributed by atoms with Crippen LogP contribution in [0.2, 0.25) is 0 Å². The fraction of sp³-hybridized carbons (Fsp3) is 0.656. The average molecular weight is 1050 g/mol. The van der Waals surface area contributed by atoms with Crippen molar-refractivity contribution in [1.29, 1.82) is 0 Å². The third-order valence-electron chi connectivity index (χ3n) is 12.0. The molecule has 0 radical (unpaired) electrons. The van der Waals surface area contributed by atoms with E-state index in [9.17, 15) is 19.0 Å². The van der Waals surface area contributed by atoms with Crippen molar-refractivity contribution in [3.05, 3.63) is 122 Å². The maximum absolute atomic E-state index is 12.8. The summed E-state index contributed by atoms with van der Waals surface area (Å²) < 4.78 is 34.4. The molecular formula is C64H109NO8P+. The van der Waals surface area contributed by atoms with Crippen LogP contribution in [0.4, 0.5) is 0 Å². The number of phosphoric acid groups is 1. The minimum atomic E-state index is -4.39. The van der Waals surface area contributed by atoms with Gasteiger partial charge in [0, 0.05) is 12.8 Å². The van der Waals surface area contributed by atoms with Crippen LogP contribution >= 0.6 is 7.82 Å². The van der Waals surface area contributed by atoms with Crippen molar-refractivity contribution in [2.24, 2.45) is 0 Å². The molecule has 0 aliphatic carbocycles. The monoisotopic (exact) mass is 1050 g/mol. The Bertz CT molecular complexity index is 1660. The summed E-state index contributed by atoms with van der Waals surface area (Å²) in [6, 6.07) is 0. The molecule has 0 heterocycles. The second kappa shape index (κ2) is 54.2. The van der Waals surface area contributed by atoms with Gasteiger partial charge in [-0.15, -0.1) is 0 Å². The van der Waals surface area contributed by atoms with E-state index in [1.165, 1.54) is 77.0 Å². The number of nitrogens with zero attached hydrogens (tertiary/aromatic N) is 1. The number of likely N-dealkylation sites (N-methyl/N-ethyl adjacent to an activating group) is 1. The molecule has 9 nitrogen and oxygen atoms in total. The van der Waals surface area contributed by atoms with Crippen molar-refractivity contribution >= 4 is 19.8 Å². The van der Waals surface area contributed by atoms with Gasteiger partial charge in [-0.05, 0) is 103 Å². The van der Waals surface area contributed by atoms with Crippen molar-refractivity contribution in [1.82, 2.24) is 0 Å². The highest BCUT2D eigenvalue weighted by Gasteiger charge is 2.27. The summed E-state index contributed by atoms with van der Waals surface area (Å²) in [4.78, 5) is 35.6. The summed E-state index contributed by atoms with van der Waals surface area (Å²) in [5, 5.41) is 0. The lowest BCUT2D eigenvalue weighted by Crippen LogP contribution is -2.37. The molecular weight excluding hydrogens is 942 g/mol. The Balaban J connectivity index is 4.05. The number of carbonyl (C=O) groups excluding carboxylic acids is 2. The zero-order valence-corrected chi connectivity index (χ0v) is 48.7. The molecule has 10 heteroatoms. The van der Waals surface area contributed by atoms with Gasteiger partial charge < -0.3 is 18.9 Å². The number of esters is 2. The van der Waals surface area contributed by atoms with Crippen LogP contribution in [-0.4, -0.2) is 74.9 Å². The largest absolute Gasteiger partial charge is 0.472 e. The smallest absolute Gasteiger partial charge is 0.462 e. The Morgan fingerprint density at radius 2 is 0.730 bits per heavy atom. The van der Waals surface area contributed by atoms with Crippen LogP contribution in [-0.2, 0) is 32.7 Å². The van der Waals surface area contributed by atoms with Crippen LogP contribution in [0.3, 0.4) is 0 Å². The van der Waals surface area contributed by atoms with Crippen LogP contribution in [0.1, 0.15) is 219 Å².